The first kappa shape index (κ1) is 15.7. The average molecular weight is 314 g/mol. The number of nitrogens with zero attached hydrogens (tertiary/aromatic N) is 2. The van der Waals surface area contributed by atoms with Gasteiger partial charge in [-0.15, -0.1) is 0 Å². The Kier molecular flexibility index (Phi) is 3.71. The fourth-order valence-corrected chi connectivity index (χ4v) is 3.02. The SMILES string of the molecule is CCN1CN(c2cc(C(C)(C)C)ccc2O)c2c(F)cccc21. The summed E-state index contributed by atoms with van der Waals surface area (Å²) in [4.78, 5) is 3.96. The van der Waals surface area contributed by atoms with E-state index in [1.165, 1.54) is 6.07 Å². The maximum atomic E-state index is 14.5. The first-order valence-corrected chi connectivity index (χ1v) is 7.97. The summed E-state index contributed by atoms with van der Waals surface area (Å²) in [6.07, 6.45) is 0. The highest BCUT2D eigenvalue weighted by Crippen LogP contribution is 2.45. The van der Waals surface area contributed by atoms with Crippen molar-refractivity contribution in [1.82, 2.24) is 0 Å². The van der Waals surface area contributed by atoms with E-state index in [0.29, 0.717) is 18.0 Å². The highest BCUT2D eigenvalue weighted by molar-refractivity contribution is 5.84. The molecule has 0 spiro atoms. The predicted octanol–water partition coefficient (Wildman–Crippen LogP) is 4.76. The van der Waals surface area contributed by atoms with E-state index in [4.69, 9.17) is 0 Å². The zero-order valence-corrected chi connectivity index (χ0v) is 14.1. The highest BCUT2D eigenvalue weighted by atomic mass is 19.1. The third kappa shape index (κ3) is 2.62. The van der Waals surface area contributed by atoms with Gasteiger partial charge in [0.2, 0.25) is 0 Å². The fraction of sp³-hybridized carbons (Fsp3) is 0.368. The summed E-state index contributed by atoms with van der Waals surface area (Å²) < 4.78 is 14.5. The van der Waals surface area contributed by atoms with Crippen LogP contribution >= 0.6 is 0 Å². The Morgan fingerprint density at radius 1 is 1.13 bits per heavy atom. The van der Waals surface area contributed by atoms with Crippen LogP contribution in [-0.4, -0.2) is 18.3 Å². The second-order valence-corrected chi connectivity index (χ2v) is 6.99. The Hall–Kier alpha value is -2.23. The van der Waals surface area contributed by atoms with Crippen LogP contribution in [0.25, 0.3) is 0 Å². The minimum absolute atomic E-state index is 0.0370. The van der Waals surface area contributed by atoms with Gasteiger partial charge in [-0.3, -0.25) is 0 Å². The number of benzene rings is 2. The first-order chi connectivity index (χ1) is 10.8. The van der Waals surface area contributed by atoms with Gasteiger partial charge in [-0.05, 0) is 42.2 Å². The molecular formula is C19H23FN2O. The molecule has 3 nitrogen and oxygen atoms in total. The van der Waals surface area contributed by atoms with Gasteiger partial charge in [0.05, 0.1) is 18.0 Å². The predicted molar refractivity (Wildman–Crippen MR) is 93.2 cm³/mol. The lowest BCUT2D eigenvalue weighted by molar-refractivity contribution is 0.474. The molecule has 0 aliphatic carbocycles. The van der Waals surface area contributed by atoms with Gasteiger partial charge in [0.15, 0.2) is 0 Å². The molecule has 0 atom stereocenters. The van der Waals surface area contributed by atoms with Gasteiger partial charge in [-0.2, -0.15) is 0 Å². The van der Waals surface area contributed by atoms with Gasteiger partial charge >= 0.3 is 0 Å². The lowest BCUT2D eigenvalue weighted by Gasteiger charge is -2.25. The van der Waals surface area contributed by atoms with Gasteiger partial charge in [0.1, 0.15) is 17.3 Å². The van der Waals surface area contributed by atoms with Crippen LogP contribution in [0.1, 0.15) is 33.3 Å². The number of anilines is 3. The Morgan fingerprint density at radius 2 is 1.87 bits per heavy atom. The molecule has 0 saturated carbocycles. The van der Waals surface area contributed by atoms with Crippen LogP contribution in [0.2, 0.25) is 0 Å². The van der Waals surface area contributed by atoms with Crippen LogP contribution in [0, 0.1) is 5.82 Å². The molecule has 0 amide bonds. The van der Waals surface area contributed by atoms with Crippen molar-refractivity contribution in [1.29, 1.82) is 0 Å². The topological polar surface area (TPSA) is 26.7 Å². The van der Waals surface area contributed by atoms with Crippen molar-refractivity contribution in [2.24, 2.45) is 0 Å². The third-order valence-corrected chi connectivity index (χ3v) is 4.40. The summed E-state index contributed by atoms with van der Waals surface area (Å²) in [5, 5.41) is 10.4. The molecule has 0 unspecified atom stereocenters. The largest absolute Gasteiger partial charge is 0.506 e. The quantitative estimate of drug-likeness (QED) is 0.865. The van der Waals surface area contributed by atoms with Crippen molar-refractivity contribution in [3.63, 3.8) is 0 Å². The number of phenols is 1. The molecule has 3 rings (SSSR count). The molecule has 23 heavy (non-hydrogen) atoms. The number of halogens is 1. The van der Waals surface area contributed by atoms with E-state index in [1.807, 2.05) is 30.0 Å². The van der Waals surface area contributed by atoms with Crippen LogP contribution in [0.3, 0.4) is 0 Å². The van der Waals surface area contributed by atoms with E-state index < -0.39 is 0 Å². The number of aromatic hydroxyl groups is 1. The molecule has 0 radical (unpaired) electrons. The van der Waals surface area contributed by atoms with Crippen LogP contribution in [0.15, 0.2) is 36.4 Å². The van der Waals surface area contributed by atoms with Crippen molar-refractivity contribution in [2.45, 2.75) is 33.1 Å². The van der Waals surface area contributed by atoms with Gasteiger partial charge in [-0.25, -0.2) is 4.39 Å². The summed E-state index contributed by atoms with van der Waals surface area (Å²) in [7, 11) is 0. The maximum absolute atomic E-state index is 14.5. The van der Waals surface area contributed by atoms with Crippen LogP contribution in [0.4, 0.5) is 21.5 Å². The van der Waals surface area contributed by atoms with E-state index in [9.17, 15) is 9.50 Å². The second kappa shape index (κ2) is 5.44. The Labute approximate surface area is 137 Å². The summed E-state index contributed by atoms with van der Waals surface area (Å²) in [5.41, 5.74) is 3.13. The standard InChI is InChI=1S/C19H23FN2O/c1-5-21-12-22(18-14(20)7-6-8-15(18)21)16-11-13(19(2,3)4)9-10-17(16)23/h6-11,23H,5,12H2,1-4H3. The average Bonchev–Trinajstić information content (AvgIpc) is 2.86. The fourth-order valence-electron chi connectivity index (χ4n) is 3.02. The van der Waals surface area contributed by atoms with E-state index in [0.717, 1.165) is 17.8 Å². The molecule has 1 aliphatic rings. The molecule has 0 aromatic heterocycles. The summed E-state index contributed by atoms with van der Waals surface area (Å²) in [6, 6.07) is 10.7. The van der Waals surface area contributed by atoms with Crippen molar-refractivity contribution in [3.8, 4) is 5.75 Å². The normalized spacial score (nSPS) is 14.3. The Morgan fingerprint density at radius 3 is 2.52 bits per heavy atom. The van der Waals surface area contributed by atoms with Crippen molar-refractivity contribution >= 4 is 17.1 Å². The lowest BCUT2D eigenvalue weighted by atomic mass is 9.86. The minimum atomic E-state index is -0.265. The highest BCUT2D eigenvalue weighted by Gasteiger charge is 2.31. The molecule has 0 fully saturated rings. The van der Waals surface area contributed by atoms with Crippen molar-refractivity contribution < 1.29 is 9.50 Å². The van der Waals surface area contributed by atoms with E-state index in [1.54, 1.807) is 12.1 Å². The van der Waals surface area contributed by atoms with Crippen LogP contribution < -0.4 is 9.80 Å². The number of phenolic OH excluding ortho intramolecular Hbond substituents is 1. The number of hydrogen-bond acceptors (Lipinski definition) is 3. The van der Waals surface area contributed by atoms with Crippen LogP contribution in [-0.2, 0) is 5.41 Å². The number of para-hydroxylation sites is 1. The number of fused-ring (bicyclic) bond motifs is 1. The van der Waals surface area contributed by atoms with E-state index in [-0.39, 0.29) is 17.0 Å². The van der Waals surface area contributed by atoms with E-state index in [2.05, 4.69) is 25.7 Å². The molecule has 0 bridgehead atoms. The maximum Gasteiger partial charge on any atom is 0.149 e. The summed E-state index contributed by atoms with van der Waals surface area (Å²) in [6.45, 7) is 9.74. The van der Waals surface area contributed by atoms with Crippen molar-refractivity contribution in [2.75, 3.05) is 23.0 Å². The zero-order valence-electron chi connectivity index (χ0n) is 14.1. The van der Waals surface area contributed by atoms with Crippen molar-refractivity contribution in [3.05, 3.63) is 47.8 Å². The molecule has 2 aromatic carbocycles. The molecule has 122 valence electrons. The molecule has 1 aliphatic heterocycles. The molecule has 2 aromatic rings. The van der Waals surface area contributed by atoms with Gasteiger partial charge in [-0.1, -0.05) is 32.9 Å². The number of hydrogen-bond donors (Lipinski definition) is 1. The smallest absolute Gasteiger partial charge is 0.149 e. The molecule has 1 N–H and O–H groups in total. The zero-order chi connectivity index (χ0) is 16.8. The minimum Gasteiger partial charge on any atom is -0.506 e. The Bertz CT molecular complexity index is 737. The molecule has 1 heterocycles. The van der Waals surface area contributed by atoms with Gasteiger partial charge in [0, 0.05) is 6.54 Å². The van der Waals surface area contributed by atoms with E-state index >= 15 is 0 Å². The number of rotatable bonds is 2. The third-order valence-electron chi connectivity index (χ3n) is 4.40. The van der Waals surface area contributed by atoms with Gasteiger partial charge < -0.3 is 14.9 Å². The second-order valence-electron chi connectivity index (χ2n) is 6.99. The monoisotopic (exact) mass is 314 g/mol. The Balaban J connectivity index is 2.14. The van der Waals surface area contributed by atoms with Crippen LogP contribution in [0.5, 0.6) is 5.75 Å². The molecule has 4 heteroatoms. The summed E-state index contributed by atoms with van der Waals surface area (Å²) in [5.74, 6) is -0.0934. The molecule has 0 saturated heterocycles. The van der Waals surface area contributed by atoms with Gasteiger partial charge in [0.25, 0.3) is 0 Å². The molecular weight excluding hydrogens is 291 g/mol. The lowest BCUT2D eigenvalue weighted by Crippen LogP contribution is -2.28. The first-order valence-electron chi connectivity index (χ1n) is 7.97. The summed E-state index contributed by atoms with van der Waals surface area (Å²) >= 11 is 0.